The van der Waals surface area contributed by atoms with Crippen LogP contribution in [0.3, 0.4) is 0 Å². The first-order chi connectivity index (χ1) is 12.0. The summed E-state index contributed by atoms with van der Waals surface area (Å²) in [5, 5.41) is 13.7. The van der Waals surface area contributed by atoms with Crippen molar-refractivity contribution < 1.29 is 23.8 Å². The highest BCUT2D eigenvalue weighted by Gasteiger charge is 2.18. The van der Waals surface area contributed by atoms with Crippen LogP contribution in [0.5, 0.6) is 5.75 Å². The van der Waals surface area contributed by atoms with E-state index in [1.807, 2.05) is 6.07 Å². The molecule has 0 saturated carbocycles. The van der Waals surface area contributed by atoms with Gasteiger partial charge in [0.25, 0.3) is 5.91 Å². The minimum atomic E-state index is -1.37. The Balaban J connectivity index is 1.77. The Hall–Kier alpha value is -2.83. The second-order valence-electron chi connectivity index (χ2n) is 6.11. The largest absolute Gasteiger partial charge is 0.548 e. The number of hydrogen-bond donors (Lipinski definition) is 1. The molecule has 0 unspecified atom stereocenters. The maximum atomic E-state index is 12.1. The first-order valence-corrected chi connectivity index (χ1v) is 8.17. The molecule has 1 aliphatic rings. The van der Waals surface area contributed by atoms with E-state index in [0.717, 1.165) is 42.2 Å². The number of hydrogen-bond acceptors (Lipinski definition) is 6. The van der Waals surface area contributed by atoms with E-state index in [0.29, 0.717) is 11.3 Å². The maximum absolute atomic E-state index is 12.1. The molecule has 0 fully saturated rings. The Morgan fingerprint density at radius 1 is 1.28 bits per heavy atom. The fourth-order valence-electron chi connectivity index (χ4n) is 3.01. The molecule has 7 nitrogen and oxygen atoms in total. The van der Waals surface area contributed by atoms with Crippen LogP contribution in [-0.4, -0.2) is 24.5 Å². The summed E-state index contributed by atoms with van der Waals surface area (Å²) < 4.78 is 10.7. The summed E-state index contributed by atoms with van der Waals surface area (Å²) >= 11 is 0. The second kappa shape index (κ2) is 6.96. The predicted octanol–water partition coefficient (Wildman–Crippen LogP) is 0.305. The molecule has 25 heavy (non-hydrogen) atoms. The molecule has 0 spiro atoms. The predicted molar refractivity (Wildman–Crippen MR) is 87.2 cm³/mol. The van der Waals surface area contributed by atoms with E-state index >= 15 is 0 Å². The van der Waals surface area contributed by atoms with Crippen molar-refractivity contribution in [1.29, 1.82) is 0 Å². The van der Waals surface area contributed by atoms with Crippen molar-refractivity contribution in [3.05, 3.63) is 39.7 Å². The topological polar surface area (TPSA) is 109 Å². The van der Waals surface area contributed by atoms with Gasteiger partial charge in [0, 0.05) is 17.0 Å². The van der Waals surface area contributed by atoms with Gasteiger partial charge in [-0.2, -0.15) is 0 Å². The van der Waals surface area contributed by atoms with Crippen LogP contribution in [0.4, 0.5) is 0 Å². The maximum Gasteiger partial charge on any atom is 0.339 e. The zero-order chi connectivity index (χ0) is 18.0. The Bertz CT molecular complexity index is 885. The van der Waals surface area contributed by atoms with Crippen molar-refractivity contribution in [2.45, 2.75) is 38.6 Å². The summed E-state index contributed by atoms with van der Waals surface area (Å²) in [6.07, 6.45) is 3.62. The molecule has 3 rings (SSSR count). The van der Waals surface area contributed by atoms with Gasteiger partial charge < -0.3 is 24.4 Å². The molecule has 1 aromatic carbocycles. The number of carbonyl (C=O) groups is 2. The van der Waals surface area contributed by atoms with Crippen molar-refractivity contribution in [2.24, 2.45) is 0 Å². The van der Waals surface area contributed by atoms with Gasteiger partial charge in [0.15, 0.2) is 6.61 Å². The van der Waals surface area contributed by atoms with Gasteiger partial charge in [0.05, 0.1) is 12.0 Å². The number of rotatable bonds is 5. The smallest absolute Gasteiger partial charge is 0.339 e. The highest BCUT2D eigenvalue weighted by atomic mass is 16.5. The third-order valence-electron chi connectivity index (χ3n) is 4.30. The molecule has 0 saturated heterocycles. The summed E-state index contributed by atoms with van der Waals surface area (Å²) in [7, 11) is 0. The van der Waals surface area contributed by atoms with Gasteiger partial charge in [-0.15, -0.1) is 0 Å². The van der Waals surface area contributed by atoms with Crippen molar-refractivity contribution in [3.63, 3.8) is 0 Å². The van der Waals surface area contributed by atoms with Crippen molar-refractivity contribution in [3.8, 4) is 5.75 Å². The number of aryl methyl sites for hydroxylation is 1. The summed E-state index contributed by atoms with van der Waals surface area (Å²) in [4.78, 5) is 34.3. The average molecular weight is 344 g/mol. The number of carboxylic acid groups (broad SMARTS) is 1. The first-order valence-electron chi connectivity index (χ1n) is 8.17. The van der Waals surface area contributed by atoms with Gasteiger partial charge in [-0.1, -0.05) is 0 Å². The Morgan fingerprint density at radius 2 is 2.00 bits per heavy atom. The molecule has 0 aliphatic heterocycles. The van der Waals surface area contributed by atoms with E-state index in [9.17, 15) is 19.5 Å². The number of carbonyl (C=O) groups excluding carboxylic acids is 2. The Morgan fingerprint density at radius 3 is 2.72 bits per heavy atom. The van der Waals surface area contributed by atoms with Crippen molar-refractivity contribution in [1.82, 2.24) is 5.32 Å². The fraction of sp³-hybridized carbons (Fsp3) is 0.389. The molecule has 1 heterocycles. The SMILES string of the molecule is C[C@H](NC(=O)COc1ccc2c3c(c(=O)oc2c1)CCCC3)C(=O)[O-]. The monoisotopic (exact) mass is 344 g/mol. The van der Waals surface area contributed by atoms with E-state index in [4.69, 9.17) is 9.15 Å². The Kier molecular flexibility index (Phi) is 4.74. The lowest BCUT2D eigenvalue weighted by molar-refractivity contribution is -0.307. The van der Waals surface area contributed by atoms with Gasteiger partial charge in [0.2, 0.25) is 0 Å². The van der Waals surface area contributed by atoms with Crippen molar-refractivity contribution >= 4 is 22.8 Å². The molecule has 132 valence electrons. The summed E-state index contributed by atoms with van der Waals surface area (Å²) in [5.74, 6) is -1.59. The molecular weight excluding hydrogens is 326 g/mol. The number of amides is 1. The zero-order valence-corrected chi connectivity index (χ0v) is 13.8. The van der Waals surface area contributed by atoms with Gasteiger partial charge in [-0.25, -0.2) is 4.79 Å². The molecule has 1 N–H and O–H groups in total. The molecule has 1 aromatic heterocycles. The highest BCUT2D eigenvalue weighted by Crippen LogP contribution is 2.28. The molecule has 7 heteroatoms. The minimum absolute atomic E-state index is 0.320. The molecular formula is C18H18NO6-. The third kappa shape index (κ3) is 3.65. The third-order valence-corrected chi connectivity index (χ3v) is 4.30. The number of benzene rings is 1. The molecule has 1 aliphatic carbocycles. The van der Waals surface area contributed by atoms with E-state index in [2.05, 4.69) is 5.32 Å². The van der Waals surface area contributed by atoms with Crippen LogP contribution < -0.4 is 20.8 Å². The van der Waals surface area contributed by atoms with E-state index < -0.39 is 17.9 Å². The van der Waals surface area contributed by atoms with E-state index in [1.165, 1.54) is 6.92 Å². The number of ether oxygens (including phenoxy) is 1. The molecule has 0 bridgehead atoms. The van der Waals surface area contributed by atoms with Crippen LogP contribution in [0.15, 0.2) is 27.4 Å². The van der Waals surface area contributed by atoms with Gasteiger partial charge in [-0.05, 0) is 50.3 Å². The van der Waals surface area contributed by atoms with Crippen molar-refractivity contribution in [2.75, 3.05) is 6.61 Å². The van der Waals surface area contributed by atoms with Crippen LogP contribution in [0.1, 0.15) is 30.9 Å². The lowest BCUT2D eigenvalue weighted by atomic mass is 9.91. The molecule has 1 amide bonds. The summed E-state index contributed by atoms with van der Waals surface area (Å²) in [5.41, 5.74) is 1.89. The number of fused-ring (bicyclic) bond motifs is 3. The lowest BCUT2D eigenvalue weighted by Gasteiger charge is -2.17. The second-order valence-corrected chi connectivity index (χ2v) is 6.11. The minimum Gasteiger partial charge on any atom is -0.548 e. The number of carboxylic acids is 1. The van der Waals surface area contributed by atoms with Gasteiger partial charge in [-0.3, -0.25) is 4.79 Å². The lowest BCUT2D eigenvalue weighted by Crippen LogP contribution is -2.47. The van der Waals surface area contributed by atoms with E-state index in [1.54, 1.807) is 12.1 Å². The number of aliphatic carboxylic acids is 1. The summed E-state index contributed by atoms with van der Waals surface area (Å²) in [6.45, 7) is 0.958. The fourth-order valence-corrected chi connectivity index (χ4v) is 3.01. The molecule has 0 radical (unpaired) electrons. The summed E-state index contributed by atoms with van der Waals surface area (Å²) in [6, 6.07) is 3.99. The average Bonchev–Trinajstić information content (AvgIpc) is 2.60. The van der Waals surface area contributed by atoms with Crippen LogP contribution in [0, 0.1) is 0 Å². The Labute approximate surface area is 143 Å². The van der Waals surface area contributed by atoms with Crippen LogP contribution in [-0.2, 0) is 22.4 Å². The standard InChI is InChI=1S/C18H19NO6/c1-10(17(21)22)19-16(20)9-24-11-6-7-13-12-4-2-3-5-14(12)18(23)25-15(13)8-11/h6-8,10H,2-5,9H2,1H3,(H,19,20)(H,21,22)/p-1/t10-/m0/s1. The molecule has 1 atom stereocenters. The first kappa shape index (κ1) is 17.0. The molecule has 2 aromatic rings. The van der Waals surface area contributed by atoms with Gasteiger partial charge >= 0.3 is 5.63 Å². The quantitative estimate of drug-likeness (QED) is 0.782. The zero-order valence-electron chi connectivity index (χ0n) is 13.8. The highest BCUT2D eigenvalue weighted by molar-refractivity contribution is 5.84. The van der Waals surface area contributed by atoms with Crippen LogP contribution >= 0.6 is 0 Å². The van der Waals surface area contributed by atoms with Gasteiger partial charge in [0.1, 0.15) is 11.3 Å². The van der Waals surface area contributed by atoms with Crippen LogP contribution in [0.2, 0.25) is 0 Å². The normalized spacial score (nSPS) is 14.6. The number of nitrogens with one attached hydrogen (secondary N) is 1. The van der Waals surface area contributed by atoms with Crippen LogP contribution in [0.25, 0.3) is 11.0 Å². The van der Waals surface area contributed by atoms with E-state index in [-0.39, 0.29) is 12.2 Å².